The number of nitrogens with zero attached hydrogens (tertiary/aromatic N) is 5. The van der Waals surface area contributed by atoms with Gasteiger partial charge in [-0.1, -0.05) is 31.2 Å². The first-order chi connectivity index (χ1) is 16.6. The molecular formula is C26H30N6O2. The van der Waals surface area contributed by atoms with E-state index < -0.39 is 5.60 Å². The smallest absolute Gasteiger partial charge is 0.156 e. The Kier molecular flexibility index (Phi) is 5.44. The molecule has 4 aromatic rings. The van der Waals surface area contributed by atoms with Crippen molar-refractivity contribution in [2.45, 2.75) is 37.8 Å². The molecule has 2 aliphatic heterocycles. The van der Waals surface area contributed by atoms with E-state index in [0.717, 1.165) is 71.6 Å². The zero-order chi connectivity index (χ0) is 23.1. The number of rotatable bonds is 5. The molecule has 2 aliphatic rings. The first kappa shape index (κ1) is 21.5. The van der Waals surface area contributed by atoms with Crippen LogP contribution in [-0.4, -0.2) is 67.6 Å². The molecule has 1 unspecified atom stereocenters. The normalized spacial score (nSPS) is 22.1. The summed E-state index contributed by atoms with van der Waals surface area (Å²) in [4.78, 5) is 15.3. The number of aromatic nitrogens is 5. The van der Waals surface area contributed by atoms with Crippen molar-refractivity contribution in [3.63, 3.8) is 0 Å². The molecule has 1 aromatic carbocycles. The number of nitrogens with one attached hydrogen (secondary N) is 1. The van der Waals surface area contributed by atoms with Gasteiger partial charge >= 0.3 is 0 Å². The molecule has 2 fully saturated rings. The molecule has 8 nitrogen and oxygen atoms in total. The Hall–Kier alpha value is -3.07. The van der Waals surface area contributed by atoms with Gasteiger partial charge in [-0.3, -0.25) is 4.68 Å². The highest BCUT2D eigenvalue weighted by Crippen LogP contribution is 2.33. The molecule has 0 radical (unpaired) electrons. The molecular weight excluding hydrogens is 428 g/mol. The fourth-order valence-corrected chi connectivity index (χ4v) is 5.16. The van der Waals surface area contributed by atoms with Gasteiger partial charge in [-0.2, -0.15) is 5.10 Å². The molecule has 1 atom stereocenters. The van der Waals surface area contributed by atoms with E-state index >= 15 is 0 Å². The molecule has 176 valence electrons. The summed E-state index contributed by atoms with van der Waals surface area (Å²) < 4.78 is 7.51. The summed E-state index contributed by atoms with van der Waals surface area (Å²) in [7, 11) is 0. The number of fused-ring (bicyclic) bond motifs is 1. The molecule has 2 N–H and O–H groups in total. The van der Waals surface area contributed by atoms with Gasteiger partial charge < -0.3 is 19.7 Å². The molecule has 34 heavy (non-hydrogen) atoms. The highest BCUT2D eigenvalue weighted by molar-refractivity contribution is 5.91. The predicted molar refractivity (Wildman–Crippen MR) is 130 cm³/mol. The third-order valence-corrected chi connectivity index (χ3v) is 7.39. The zero-order valence-corrected chi connectivity index (χ0v) is 19.4. The van der Waals surface area contributed by atoms with Crippen LogP contribution in [0.4, 0.5) is 0 Å². The van der Waals surface area contributed by atoms with E-state index in [9.17, 15) is 5.11 Å². The van der Waals surface area contributed by atoms with Crippen LogP contribution in [-0.2, 0) is 10.3 Å². The van der Waals surface area contributed by atoms with E-state index in [1.54, 1.807) is 6.20 Å². The summed E-state index contributed by atoms with van der Waals surface area (Å²) in [6, 6.07) is 8.36. The van der Waals surface area contributed by atoms with Gasteiger partial charge in [0, 0.05) is 55.2 Å². The third kappa shape index (κ3) is 3.81. The molecule has 0 aliphatic carbocycles. The Labute approximate surface area is 198 Å². The number of ether oxygens (including phenoxy) is 1. The average molecular weight is 459 g/mol. The Morgan fingerprint density at radius 3 is 2.71 bits per heavy atom. The predicted octanol–water partition coefficient (Wildman–Crippen LogP) is 3.75. The summed E-state index contributed by atoms with van der Waals surface area (Å²) >= 11 is 0. The number of aliphatic hydroxyl groups is 1. The second kappa shape index (κ2) is 8.61. The van der Waals surface area contributed by atoms with E-state index in [1.807, 2.05) is 36.7 Å². The maximum Gasteiger partial charge on any atom is 0.156 e. The lowest BCUT2D eigenvalue weighted by Gasteiger charge is -2.31. The lowest BCUT2D eigenvalue weighted by Crippen LogP contribution is -2.34. The van der Waals surface area contributed by atoms with Crippen LogP contribution in [0, 0.1) is 0 Å². The van der Waals surface area contributed by atoms with Crippen molar-refractivity contribution < 1.29 is 9.84 Å². The standard InChI is InChI=1S/C26H30N6O2/c1-2-31-10-7-21(8-11-31)32-16-19(13-29-32)22-14-27-25-24(22)30-23(15-28-25)18-3-5-20(6-4-18)26(33)9-12-34-17-26/h3-6,13-16,21,33H,2,7-12,17H2,1H3,(H,27,28). The molecule has 0 saturated carbocycles. The Bertz CT molecular complexity index is 1280. The molecule has 0 spiro atoms. The monoisotopic (exact) mass is 458 g/mol. The zero-order valence-electron chi connectivity index (χ0n) is 19.4. The molecule has 0 amide bonds. The molecule has 0 bridgehead atoms. The first-order valence-corrected chi connectivity index (χ1v) is 12.1. The van der Waals surface area contributed by atoms with Crippen molar-refractivity contribution in [1.29, 1.82) is 0 Å². The minimum Gasteiger partial charge on any atom is -0.383 e. The number of piperidine rings is 1. The maximum atomic E-state index is 10.8. The van der Waals surface area contributed by atoms with Crippen LogP contribution in [0.2, 0.25) is 0 Å². The van der Waals surface area contributed by atoms with Gasteiger partial charge in [0.2, 0.25) is 0 Å². The second-order valence-electron chi connectivity index (χ2n) is 9.44. The van der Waals surface area contributed by atoms with Crippen LogP contribution in [0.25, 0.3) is 33.5 Å². The second-order valence-corrected chi connectivity index (χ2v) is 9.44. The van der Waals surface area contributed by atoms with Gasteiger partial charge in [-0.05, 0) is 24.9 Å². The number of likely N-dealkylation sites (tertiary alicyclic amines) is 1. The Morgan fingerprint density at radius 2 is 1.97 bits per heavy atom. The van der Waals surface area contributed by atoms with E-state index in [2.05, 4.69) is 32.7 Å². The maximum absolute atomic E-state index is 10.8. The average Bonchev–Trinajstić information content (AvgIpc) is 3.64. The van der Waals surface area contributed by atoms with Crippen LogP contribution >= 0.6 is 0 Å². The minimum absolute atomic E-state index is 0.343. The molecule has 8 heteroatoms. The highest BCUT2D eigenvalue weighted by atomic mass is 16.5. The van der Waals surface area contributed by atoms with Gasteiger partial charge in [-0.15, -0.1) is 0 Å². The van der Waals surface area contributed by atoms with Crippen LogP contribution in [0.15, 0.2) is 49.1 Å². The van der Waals surface area contributed by atoms with Gasteiger partial charge in [0.1, 0.15) is 11.1 Å². The SMILES string of the molecule is CCN1CCC(n2cc(-c3c[nH]c4ncc(-c5ccc(C6(O)CCOC6)cc5)nc34)cn2)CC1. The molecule has 6 rings (SSSR count). The quantitative estimate of drug-likeness (QED) is 0.473. The Morgan fingerprint density at radius 1 is 1.15 bits per heavy atom. The van der Waals surface area contributed by atoms with Crippen LogP contribution in [0.5, 0.6) is 0 Å². The molecule has 5 heterocycles. The lowest BCUT2D eigenvalue weighted by molar-refractivity contribution is 0.0232. The number of H-pyrrole nitrogens is 1. The van der Waals surface area contributed by atoms with Crippen molar-refractivity contribution >= 4 is 11.2 Å². The number of aromatic amines is 1. The Balaban J connectivity index is 1.27. The minimum atomic E-state index is -0.894. The summed E-state index contributed by atoms with van der Waals surface area (Å²) in [5.74, 6) is 0. The largest absolute Gasteiger partial charge is 0.383 e. The summed E-state index contributed by atoms with van der Waals surface area (Å²) in [6.45, 7) is 6.52. The number of hydrogen-bond acceptors (Lipinski definition) is 6. The van der Waals surface area contributed by atoms with Crippen molar-refractivity contribution in [3.05, 3.63) is 54.6 Å². The van der Waals surface area contributed by atoms with E-state index in [4.69, 9.17) is 14.8 Å². The van der Waals surface area contributed by atoms with E-state index in [0.29, 0.717) is 25.7 Å². The molecule has 2 saturated heterocycles. The summed E-state index contributed by atoms with van der Waals surface area (Å²) in [5.41, 5.74) is 5.41. The van der Waals surface area contributed by atoms with Crippen LogP contribution in [0.1, 0.15) is 37.8 Å². The number of hydrogen-bond donors (Lipinski definition) is 2. The lowest BCUT2D eigenvalue weighted by atomic mass is 9.92. The van der Waals surface area contributed by atoms with Crippen molar-refractivity contribution in [2.75, 3.05) is 32.8 Å². The van der Waals surface area contributed by atoms with Gasteiger partial charge in [0.25, 0.3) is 0 Å². The van der Waals surface area contributed by atoms with E-state index in [-0.39, 0.29) is 0 Å². The van der Waals surface area contributed by atoms with Crippen LogP contribution < -0.4 is 0 Å². The fraction of sp³-hybridized carbons (Fsp3) is 0.423. The highest BCUT2D eigenvalue weighted by Gasteiger charge is 2.34. The van der Waals surface area contributed by atoms with Crippen LogP contribution in [0.3, 0.4) is 0 Å². The van der Waals surface area contributed by atoms with Crippen molar-refractivity contribution in [2.24, 2.45) is 0 Å². The fourth-order valence-electron chi connectivity index (χ4n) is 5.16. The molecule has 3 aromatic heterocycles. The van der Waals surface area contributed by atoms with E-state index in [1.165, 1.54) is 0 Å². The van der Waals surface area contributed by atoms with Gasteiger partial charge in [0.05, 0.1) is 30.7 Å². The van der Waals surface area contributed by atoms with Crippen molar-refractivity contribution in [3.8, 4) is 22.4 Å². The summed E-state index contributed by atoms with van der Waals surface area (Å²) in [6.07, 6.45) is 10.7. The number of benzene rings is 1. The summed E-state index contributed by atoms with van der Waals surface area (Å²) in [5, 5.41) is 15.4. The van der Waals surface area contributed by atoms with Crippen molar-refractivity contribution in [1.82, 2.24) is 29.6 Å². The topological polar surface area (TPSA) is 92.1 Å². The van der Waals surface area contributed by atoms with Gasteiger partial charge in [0.15, 0.2) is 5.65 Å². The third-order valence-electron chi connectivity index (χ3n) is 7.39. The first-order valence-electron chi connectivity index (χ1n) is 12.1. The van der Waals surface area contributed by atoms with Gasteiger partial charge in [-0.25, -0.2) is 9.97 Å².